The summed E-state index contributed by atoms with van der Waals surface area (Å²) in [5.74, 6) is 0.295. The van der Waals surface area contributed by atoms with Gasteiger partial charge in [-0.25, -0.2) is 14.8 Å². The molecule has 8 nitrogen and oxygen atoms in total. The molecule has 2 fully saturated rings. The van der Waals surface area contributed by atoms with Crippen LogP contribution >= 0.6 is 0 Å². The van der Waals surface area contributed by atoms with Crippen LogP contribution in [0.25, 0.3) is 0 Å². The number of hydrogen-bond acceptors (Lipinski definition) is 6. The standard InChI is InChI=1S/C21H21F6N5O3/c1-11(2-12-3-16(21(25,26)27)17(33)28-4-12)35-19(34)32-9-13-7-31(8-14(13)10-32)18-29-5-15(6-30-18)20(22,23)24/h3-6,11,13-14H,2,7-10H2,1H3,(H,28,33). The van der Waals surface area contributed by atoms with E-state index in [9.17, 15) is 35.9 Å². The molecule has 0 aliphatic carbocycles. The molecule has 1 amide bonds. The Balaban J connectivity index is 1.30. The number of anilines is 1. The third-order valence-electron chi connectivity index (χ3n) is 6.09. The number of carbonyl (C=O) groups excluding carboxylic acids is 1. The van der Waals surface area contributed by atoms with E-state index in [0.717, 1.165) is 24.7 Å². The van der Waals surface area contributed by atoms with E-state index in [1.165, 1.54) is 11.8 Å². The Labute approximate surface area is 194 Å². The average Bonchev–Trinajstić information content (AvgIpc) is 3.33. The average molecular weight is 505 g/mol. The number of pyridine rings is 1. The molecule has 2 aromatic heterocycles. The first-order chi connectivity index (χ1) is 16.3. The number of aromatic nitrogens is 3. The molecule has 2 aliphatic heterocycles. The van der Waals surface area contributed by atoms with Crippen molar-refractivity contribution in [1.29, 1.82) is 0 Å². The second-order valence-corrected chi connectivity index (χ2v) is 8.75. The second kappa shape index (κ2) is 9.04. The van der Waals surface area contributed by atoms with E-state index >= 15 is 0 Å². The number of rotatable bonds is 4. The lowest BCUT2D eigenvalue weighted by Crippen LogP contribution is -2.36. The minimum atomic E-state index is -4.80. The fraction of sp³-hybridized carbons (Fsp3) is 0.524. The van der Waals surface area contributed by atoms with Crippen molar-refractivity contribution in [3.63, 3.8) is 0 Å². The first-order valence-corrected chi connectivity index (χ1v) is 10.7. The van der Waals surface area contributed by atoms with Gasteiger partial charge >= 0.3 is 18.4 Å². The van der Waals surface area contributed by atoms with E-state index in [1.807, 2.05) is 4.98 Å². The molecule has 3 atom stereocenters. The first kappa shape index (κ1) is 24.8. The van der Waals surface area contributed by atoms with Crippen LogP contribution in [0.4, 0.5) is 37.1 Å². The highest BCUT2D eigenvalue weighted by atomic mass is 19.4. The normalized spacial score (nSPS) is 21.2. The zero-order valence-corrected chi connectivity index (χ0v) is 18.4. The van der Waals surface area contributed by atoms with Crippen molar-refractivity contribution in [2.75, 3.05) is 31.1 Å². The third-order valence-corrected chi connectivity index (χ3v) is 6.09. The molecular weight excluding hydrogens is 484 g/mol. The van der Waals surface area contributed by atoms with Crippen LogP contribution in [0.1, 0.15) is 23.6 Å². The molecule has 4 heterocycles. The largest absolute Gasteiger partial charge is 0.446 e. The number of carbonyl (C=O) groups is 1. The third kappa shape index (κ3) is 5.51. The number of hydrogen-bond donors (Lipinski definition) is 1. The highest BCUT2D eigenvalue weighted by Gasteiger charge is 2.43. The molecule has 1 N–H and O–H groups in total. The molecule has 14 heteroatoms. The van der Waals surface area contributed by atoms with Gasteiger partial charge in [-0.1, -0.05) is 0 Å². The zero-order chi connectivity index (χ0) is 25.5. The van der Waals surface area contributed by atoms with Gasteiger partial charge < -0.3 is 19.5 Å². The number of nitrogens with zero attached hydrogens (tertiary/aromatic N) is 4. The maximum absolute atomic E-state index is 12.9. The maximum Gasteiger partial charge on any atom is 0.421 e. The molecule has 4 rings (SSSR count). The van der Waals surface area contributed by atoms with Crippen molar-refractivity contribution in [3.05, 3.63) is 51.7 Å². The highest BCUT2D eigenvalue weighted by molar-refractivity contribution is 5.68. The Morgan fingerprint density at radius 2 is 1.69 bits per heavy atom. The number of halogens is 6. The molecule has 0 radical (unpaired) electrons. The predicted molar refractivity (Wildman–Crippen MR) is 110 cm³/mol. The van der Waals surface area contributed by atoms with Gasteiger partial charge in [-0.2, -0.15) is 26.3 Å². The molecule has 0 spiro atoms. The lowest BCUT2D eigenvalue weighted by atomic mass is 10.0. The fourth-order valence-corrected chi connectivity index (χ4v) is 4.41. The SMILES string of the molecule is CC(Cc1c[nH]c(=O)c(C(F)(F)F)c1)OC(=O)N1CC2CN(c3ncc(C(F)(F)F)cn3)CC2C1. The number of H-pyrrole nitrogens is 1. The number of likely N-dealkylation sites (tertiary alicyclic amines) is 1. The summed E-state index contributed by atoms with van der Waals surface area (Å²) in [6, 6.07) is 0.737. The van der Waals surface area contributed by atoms with Crippen molar-refractivity contribution in [2.24, 2.45) is 11.8 Å². The Morgan fingerprint density at radius 1 is 1.09 bits per heavy atom. The number of amides is 1. The summed E-state index contributed by atoms with van der Waals surface area (Å²) in [6.45, 7) is 3.20. The van der Waals surface area contributed by atoms with Crippen molar-refractivity contribution in [1.82, 2.24) is 19.9 Å². The van der Waals surface area contributed by atoms with Crippen LogP contribution in [0.15, 0.2) is 29.5 Å². The van der Waals surface area contributed by atoms with Crippen LogP contribution in [-0.4, -0.2) is 58.2 Å². The van der Waals surface area contributed by atoms with Crippen LogP contribution < -0.4 is 10.5 Å². The Kier molecular flexibility index (Phi) is 6.40. The van der Waals surface area contributed by atoms with Gasteiger partial charge in [0.25, 0.3) is 5.56 Å². The minimum Gasteiger partial charge on any atom is -0.446 e. The Bertz CT molecular complexity index is 1120. The number of aromatic amines is 1. The first-order valence-electron chi connectivity index (χ1n) is 10.7. The maximum atomic E-state index is 12.9. The number of nitrogens with one attached hydrogen (secondary N) is 1. The number of ether oxygens (including phenoxy) is 1. The molecule has 2 aliphatic rings. The van der Waals surface area contributed by atoms with Crippen LogP contribution in [0.5, 0.6) is 0 Å². The predicted octanol–water partition coefficient (Wildman–Crippen LogP) is 3.34. The molecule has 0 saturated carbocycles. The fourth-order valence-electron chi connectivity index (χ4n) is 4.41. The van der Waals surface area contributed by atoms with Crippen LogP contribution in [-0.2, 0) is 23.5 Å². The van der Waals surface area contributed by atoms with E-state index in [0.29, 0.717) is 26.2 Å². The van der Waals surface area contributed by atoms with E-state index in [-0.39, 0.29) is 29.8 Å². The molecular formula is C21H21F6N5O3. The molecule has 2 aromatic rings. The van der Waals surface area contributed by atoms with Gasteiger partial charge in [0.05, 0.1) is 5.56 Å². The van der Waals surface area contributed by atoms with E-state index < -0.39 is 41.2 Å². The monoisotopic (exact) mass is 505 g/mol. The number of fused-ring (bicyclic) bond motifs is 1. The summed E-state index contributed by atoms with van der Waals surface area (Å²) in [7, 11) is 0. The minimum absolute atomic E-state index is 0.0225. The Morgan fingerprint density at radius 3 is 2.23 bits per heavy atom. The summed E-state index contributed by atoms with van der Waals surface area (Å²) in [5.41, 5.74) is -3.32. The van der Waals surface area contributed by atoms with Crippen molar-refractivity contribution in [3.8, 4) is 0 Å². The van der Waals surface area contributed by atoms with Gasteiger partial charge in [-0.15, -0.1) is 0 Å². The molecule has 3 unspecified atom stereocenters. The topological polar surface area (TPSA) is 91.4 Å². The molecule has 0 bridgehead atoms. The summed E-state index contributed by atoms with van der Waals surface area (Å²) in [6.07, 6.45) is -8.06. The van der Waals surface area contributed by atoms with Crippen LogP contribution in [0.2, 0.25) is 0 Å². The molecule has 2 saturated heterocycles. The van der Waals surface area contributed by atoms with Crippen molar-refractivity contribution < 1.29 is 35.9 Å². The van der Waals surface area contributed by atoms with Gasteiger partial charge in [-0.05, 0) is 18.6 Å². The van der Waals surface area contributed by atoms with E-state index in [4.69, 9.17) is 4.74 Å². The van der Waals surface area contributed by atoms with E-state index in [2.05, 4.69) is 9.97 Å². The summed E-state index contributed by atoms with van der Waals surface area (Å²) in [5, 5.41) is 0. The molecule has 190 valence electrons. The van der Waals surface area contributed by atoms with Gasteiger partial charge in [0.1, 0.15) is 11.7 Å². The van der Waals surface area contributed by atoms with Crippen LogP contribution in [0, 0.1) is 11.8 Å². The van der Waals surface area contributed by atoms with Crippen LogP contribution in [0.3, 0.4) is 0 Å². The summed E-state index contributed by atoms with van der Waals surface area (Å²) in [4.78, 5) is 36.9. The summed E-state index contributed by atoms with van der Waals surface area (Å²) >= 11 is 0. The summed E-state index contributed by atoms with van der Waals surface area (Å²) < 4.78 is 82.2. The second-order valence-electron chi connectivity index (χ2n) is 8.75. The lowest BCUT2D eigenvalue weighted by Gasteiger charge is -2.23. The van der Waals surface area contributed by atoms with E-state index in [1.54, 1.807) is 4.90 Å². The van der Waals surface area contributed by atoms with Crippen molar-refractivity contribution in [2.45, 2.75) is 31.8 Å². The number of alkyl halides is 6. The van der Waals surface area contributed by atoms with Gasteiger partial charge in [-0.3, -0.25) is 4.79 Å². The zero-order valence-electron chi connectivity index (χ0n) is 18.4. The smallest absolute Gasteiger partial charge is 0.421 e. The molecule has 0 aromatic carbocycles. The lowest BCUT2D eigenvalue weighted by molar-refractivity contribution is -0.139. The quantitative estimate of drug-likeness (QED) is 0.642. The van der Waals surface area contributed by atoms with Crippen molar-refractivity contribution >= 4 is 12.0 Å². The van der Waals surface area contributed by atoms with Gasteiger partial charge in [0, 0.05) is 63.0 Å². The van der Waals surface area contributed by atoms with Gasteiger partial charge in [0.15, 0.2) is 0 Å². The van der Waals surface area contributed by atoms with Gasteiger partial charge in [0.2, 0.25) is 5.95 Å². The molecule has 35 heavy (non-hydrogen) atoms. The Hall–Kier alpha value is -3.32. The highest BCUT2D eigenvalue weighted by Crippen LogP contribution is 2.34.